The van der Waals surface area contributed by atoms with E-state index >= 15 is 0 Å². The Morgan fingerprint density at radius 3 is 2.62 bits per heavy atom. The largest absolute Gasteiger partial charge is 0.357 e. The summed E-state index contributed by atoms with van der Waals surface area (Å²) in [4.78, 5) is 6.91. The second-order valence-corrected chi connectivity index (χ2v) is 5.26. The predicted octanol–water partition coefficient (Wildman–Crippen LogP) is 3.62. The third-order valence-corrected chi connectivity index (χ3v) is 3.42. The lowest BCUT2D eigenvalue weighted by Crippen LogP contribution is -2.38. The van der Waals surface area contributed by atoms with Gasteiger partial charge in [-0.15, -0.1) is 24.0 Å². The van der Waals surface area contributed by atoms with Crippen molar-refractivity contribution in [2.24, 2.45) is 12.0 Å². The Balaban J connectivity index is 0.00000400. The Bertz CT molecular complexity index is 401. The van der Waals surface area contributed by atoms with E-state index in [-0.39, 0.29) is 24.0 Å². The normalized spacial score (nSPS) is 11.1. The van der Waals surface area contributed by atoms with Crippen molar-refractivity contribution in [3.8, 4) is 0 Å². The first-order valence-corrected chi connectivity index (χ1v) is 7.78. The van der Waals surface area contributed by atoms with Gasteiger partial charge >= 0.3 is 0 Å². The molecule has 4 nitrogen and oxygen atoms in total. The van der Waals surface area contributed by atoms with Gasteiger partial charge in [-0.2, -0.15) is 0 Å². The maximum absolute atomic E-state index is 4.72. The van der Waals surface area contributed by atoms with Crippen molar-refractivity contribution in [2.75, 3.05) is 20.1 Å². The molecular formula is C16H31IN4. The van der Waals surface area contributed by atoms with Crippen molar-refractivity contribution in [1.82, 2.24) is 14.8 Å². The zero-order valence-electron chi connectivity index (χ0n) is 13.9. The molecule has 0 aromatic carbocycles. The lowest BCUT2D eigenvalue weighted by molar-refractivity contribution is 0.461. The van der Waals surface area contributed by atoms with Crippen LogP contribution in [0.4, 0.5) is 0 Å². The Hall–Kier alpha value is -0.720. The van der Waals surface area contributed by atoms with Gasteiger partial charge < -0.3 is 14.8 Å². The van der Waals surface area contributed by atoms with Crippen molar-refractivity contribution in [1.29, 1.82) is 0 Å². The molecule has 0 amide bonds. The smallest absolute Gasteiger partial charge is 0.194 e. The lowest BCUT2D eigenvalue weighted by atomic mass is 10.2. The van der Waals surface area contributed by atoms with Crippen LogP contribution in [0.1, 0.15) is 45.2 Å². The number of halogens is 1. The number of rotatable bonds is 8. The number of guanidine groups is 1. The van der Waals surface area contributed by atoms with Crippen molar-refractivity contribution >= 4 is 29.9 Å². The van der Waals surface area contributed by atoms with Gasteiger partial charge in [0, 0.05) is 39.1 Å². The molecule has 0 aliphatic rings. The molecule has 1 aromatic heterocycles. The van der Waals surface area contributed by atoms with Crippen LogP contribution in [-0.4, -0.2) is 35.6 Å². The summed E-state index contributed by atoms with van der Waals surface area (Å²) in [5, 5.41) is 3.37. The molecule has 5 heteroatoms. The van der Waals surface area contributed by atoms with Crippen LogP contribution in [0.25, 0.3) is 0 Å². The minimum atomic E-state index is 0. The van der Waals surface area contributed by atoms with Crippen LogP contribution in [0.15, 0.2) is 23.3 Å². The molecule has 0 aliphatic heterocycles. The average Bonchev–Trinajstić information content (AvgIpc) is 2.83. The summed E-state index contributed by atoms with van der Waals surface area (Å²) in [5.74, 6) is 1.00. The molecule has 1 N–H and O–H groups in total. The molecule has 0 saturated carbocycles. The van der Waals surface area contributed by atoms with Gasteiger partial charge in [-0.3, -0.25) is 4.99 Å². The van der Waals surface area contributed by atoms with Gasteiger partial charge in [-0.25, -0.2) is 0 Å². The fourth-order valence-corrected chi connectivity index (χ4v) is 2.17. The number of nitrogens with zero attached hydrogens (tertiary/aromatic N) is 3. The van der Waals surface area contributed by atoms with E-state index in [0.29, 0.717) is 0 Å². The first-order chi connectivity index (χ1) is 9.69. The van der Waals surface area contributed by atoms with E-state index in [0.717, 1.165) is 25.6 Å². The number of aliphatic imine (C=N–C) groups is 1. The number of aryl methyl sites for hydroxylation is 1. The van der Waals surface area contributed by atoms with E-state index in [4.69, 9.17) is 4.99 Å². The van der Waals surface area contributed by atoms with Crippen LogP contribution >= 0.6 is 24.0 Å². The third-order valence-electron chi connectivity index (χ3n) is 3.42. The van der Waals surface area contributed by atoms with Crippen molar-refractivity contribution in [3.63, 3.8) is 0 Å². The van der Waals surface area contributed by atoms with E-state index in [2.05, 4.69) is 61.1 Å². The van der Waals surface area contributed by atoms with Crippen molar-refractivity contribution < 1.29 is 0 Å². The number of nitrogens with one attached hydrogen (secondary N) is 1. The molecule has 122 valence electrons. The van der Waals surface area contributed by atoms with Gasteiger partial charge in [0.05, 0.1) is 6.54 Å². The van der Waals surface area contributed by atoms with E-state index in [1.807, 2.05) is 0 Å². The molecule has 1 heterocycles. The Labute approximate surface area is 147 Å². The van der Waals surface area contributed by atoms with Crippen LogP contribution < -0.4 is 5.32 Å². The van der Waals surface area contributed by atoms with Gasteiger partial charge in [-0.05, 0) is 25.5 Å². The predicted molar refractivity (Wildman–Crippen MR) is 102 cm³/mol. The molecule has 1 rings (SSSR count). The Morgan fingerprint density at radius 1 is 1.29 bits per heavy atom. The molecule has 1 aromatic rings. The quantitative estimate of drug-likeness (QED) is 0.310. The SMILES string of the molecule is CCCCCCN=C(NCC)N(C)Cc1cccn1C.I. The van der Waals surface area contributed by atoms with Gasteiger partial charge in [0.2, 0.25) is 0 Å². The van der Waals surface area contributed by atoms with E-state index in [1.54, 1.807) is 0 Å². The number of unbranched alkanes of at least 4 members (excludes halogenated alkanes) is 3. The van der Waals surface area contributed by atoms with Gasteiger partial charge in [-0.1, -0.05) is 26.2 Å². The molecule has 0 saturated heterocycles. The van der Waals surface area contributed by atoms with E-state index < -0.39 is 0 Å². The summed E-state index contributed by atoms with van der Waals surface area (Å²) in [6.45, 7) is 7.05. The molecule has 0 bridgehead atoms. The topological polar surface area (TPSA) is 32.6 Å². The van der Waals surface area contributed by atoms with Crippen molar-refractivity contribution in [3.05, 3.63) is 24.0 Å². The zero-order valence-corrected chi connectivity index (χ0v) is 16.3. The maximum atomic E-state index is 4.72. The molecule has 0 radical (unpaired) electrons. The van der Waals surface area contributed by atoms with Gasteiger partial charge in [0.15, 0.2) is 5.96 Å². The van der Waals surface area contributed by atoms with Crippen molar-refractivity contribution in [2.45, 2.75) is 46.1 Å². The van der Waals surface area contributed by atoms with E-state index in [9.17, 15) is 0 Å². The summed E-state index contributed by atoms with van der Waals surface area (Å²) in [6, 6.07) is 4.24. The highest BCUT2D eigenvalue weighted by Gasteiger charge is 2.07. The van der Waals surface area contributed by atoms with Crippen LogP contribution in [0.3, 0.4) is 0 Å². The number of hydrogen-bond donors (Lipinski definition) is 1. The van der Waals surface area contributed by atoms with E-state index in [1.165, 1.54) is 31.4 Å². The van der Waals surface area contributed by atoms with Gasteiger partial charge in [0.1, 0.15) is 0 Å². The average molecular weight is 406 g/mol. The first kappa shape index (κ1) is 20.3. The number of aromatic nitrogens is 1. The first-order valence-electron chi connectivity index (χ1n) is 7.78. The third kappa shape index (κ3) is 7.74. The fraction of sp³-hybridized carbons (Fsp3) is 0.688. The minimum Gasteiger partial charge on any atom is -0.357 e. The molecule has 21 heavy (non-hydrogen) atoms. The molecular weight excluding hydrogens is 375 g/mol. The summed E-state index contributed by atoms with van der Waals surface area (Å²) >= 11 is 0. The standard InChI is InChI=1S/C16H30N4.HI/c1-5-7-8-9-12-18-16(17-6-2)20(4)14-15-11-10-13-19(15)3;/h10-11,13H,5-9,12,14H2,1-4H3,(H,17,18);1H. The second kappa shape index (κ2) is 11.9. The van der Waals surface area contributed by atoms with Crippen LogP contribution in [0, 0.1) is 0 Å². The molecule has 0 aliphatic carbocycles. The highest BCUT2D eigenvalue weighted by atomic mass is 127. The van der Waals surface area contributed by atoms with Crippen LogP contribution in [0.5, 0.6) is 0 Å². The summed E-state index contributed by atoms with van der Waals surface area (Å²) < 4.78 is 2.15. The Kier molecular flexibility index (Phi) is 11.5. The number of hydrogen-bond acceptors (Lipinski definition) is 1. The summed E-state index contributed by atoms with van der Waals surface area (Å²) in [6.07, 6.45) is 7.13. The summed E-state index contributed by atoms with van der Waals surface area (Å²) in [5.41, 5.74) is 1.30. The molecule has 0 unspecified atom stereocenters. The highest BCUT2D eigenvalue weighted by Crippen LogP contribution is 2.04. The second-order valence-electron chi connectivity index (χ2n) is 5.26. The summed E-state index contributed by atoms with van der Waals surface area (Å²) in [7, 11) is 4.18. The maximum Gasteiger partial charge on any atom is 0.194 e. The molecule has 0 fully saturated rings. The monoisotopic (exact) mass is 406 g/mol. The molecule has 0 atom stereocenters. The Morgan fingerprint density at radius 2 is 2.05 bits per heavy atom. The van der Waals surface area contributed by atoms with Gasteiger partial charge in [0.25, 0.3) is 0 Å². The zero-order chi connectivity index (χ0) is 14.8. The molecule has 0 spiro atoms. The van der Waals surface area contributed by atoms with Crippen LogP contribution in [0.2, 0.25) is 0 Å². The highest BCUT2D eigenvalue weighted by molar-refractivity contribution is 14.0. The van der Waals surface area contributed by atoms with Crippen LogP contribution in [-0.2, 0) is 13.6 Å². The lowest BCUT2D eigenvalue weighted by Gasteiger charge is -2.22. The minimum absolute atomic E-state index is 0. The fourth-order valence-electron chi connectivity index (χ4n) is 2.17.